The van der Waals surface area contributed by atoms with Crippen LogP contribution in [0.2, 0.25) is 0 Å². The summed E-state index contributed by atoms with van der Waals surface area (Å²) in [6.07, 6.45) is 0.808. The van der Waals surface area contributed by atoms with Crippen molar-refractivity contribution in [3.05, 3.63) is 24.3 Å². The molecule has 1 aliphatic heterocycles. The number of para-hydroxylation sites is 1. The smallest absolute Gasteiger partial charge is 0.307 e. The van der Waals surface area contributed by atoms with Crippen LogP contribution in [0, 0.1) is 5.92 Å². The van der Waals surface area contributed by atoms with Gasteiger partial charge in [0.05, 0.1) is 17.4 Å². The van der Waals surface area contributed by atoms with Gasteiger partial charge in [-0.1, -0.05) is 26.0 Å². The van der Waals surface area contributed by atoms with E-state index in [4.69, 9.17) is 4.74 Å². The second-order valence-corrected chi connectivity index (χ2v) is 7.23. The van der Waals surface area contributed by atoms with Gasteiger partial charge in [0.15, 0.2) is 6.61 Å². The van der Waals surface area contributed by atoms with E-state index in [1.807, 2.05) is 24.3 Å². The van der Waals surface area contributed by atoms with E-state index in [0.29, 0.717) is 12.5 Å². The number of carbonyl (C=O) groups excluding carboxylic acids is 3. The van der Waals surface area contributed by atoms with Gasteiger partial charge in [-0.15, -0.1) is 11.8 Å². The van der Waals surface area contributed by atoms with E-state index in [1.54, 1.807) is 0 Å². The number of rotatable bonds is 7. The van der Waals surface area contributed by atoms with Crippen LogP contribution in [0.1, 0.15) is 26.7 Å². The van der Waals surface area contributed by atoms with E-state index < -0.39 is 11.2 Å². The summed E-state index contributed by atoms with van der Waals surface area (Å²) in [7, 11) is 0. The first-order chi connectivity index (χ1) is 11.5. The maximum atomic E-state index is 12.0. The molecule has 24 heavy (non-hydrogen) atoms. The maximum absolute atomic E-state index is 12.0. The van der Waals surface area contributed by atoms with Gasteiger partial charge in [-0.2, -0.15) is 0 Å². The van der Waals surface area contributed by atoms with Gasteiger partial charge in [0.2, 0.25) is 5.91 Å². The normalized spacial score (nSPS) is 16.3. The molecule has 0 spiro atoms. The van der Waals surface area contributed by atoms with Crippen LogP contribution in [0.25, 0.3) is 0 Å². The SMILES string of the molecule is CC(C)CCNC(=O)COC(=O)C[C@H]1Sc2ccccc2NC1=O. The first kappa shape index (κ1) is 18.3. The lowest BCUT2D eigenvalue weighted by molar-refractivity contribution is -0.149. The molecule has 0 aliphatic carbocycles. The van der Waals surface area contributed by atoms with Crippen molar-refractivity contribution in [3.8, 4) is 0 Å². The second kappa shape index (κ2) is 8.73. The number of esters is 1. The second-order valence-electron chi connectivity index (χ2n) is 5.99. The van der Waals surface area contributed by atoms with Crippen molar-refractivity contribution >= 4 is 35.2 Å². The van der Waals surface area contributed by atoms with Crippen LogP contribution in [0.15, 0.2) is 29.2 Å². The maximum Gasteiger partial charge on any atom is 0.307 e. The lowest BCUT2D eigenvalue weighted by Gasteiger charge is -2.23. The fourth-order valence-electron chi connectivity index (χ4n) is 2.13. The lowest BCUT2D eigenvalue weighted by Crippen LogP contribution is -2.33. The van der Waals surface area contributed by atoms with Crippen molar-refractivity contribution in [1.29, 1.82) is 0 Å². The predicted molar refractivity (Wildman–Crippen MR) is 92.8 cm³/mol. The summed E-state index contributed by atoms with van der Waals surface area (Å²) >= 11 is 1.33. The molecule has 2 amide bonds. The Balaban J connectivity index is 1.75. The van der Waals surface area contributed by atoms with E-state index in [9.17, 15) is 14.4 Å². The number of thioether (sulfide) groups is 1. The Kier molecular flexibility index (Phi) is 6.66. The van der Waals surface area contributed by atoms with Crippen LogP contribution in [-0.4, -0.2) is 36.2 Å². The van der Waals surface area contributed by atoms with Gasteiger partial charge in [0.1, 0.15) is 0 Å². The molecular weight excluding hydrogens is 328 g/mol. The molecule has 130 valence electrons. The molecule has 1 aromatic rings. The molecule has 0 saturated heterocycles. The Labute approximate surface area is 145 Å². The van der Waals surface area contributed by atoms with E-state index >= 15 is 0 Å². The molecule has 0 aromatic heterocycles. The highest BCUT2D eigenvalue weighted by molar-refractivity contribution is 8.01. The quantitative estimate of drug-likeness (QED) is 0.737. The molecular formula is C17H22N2O4S. The van der Waals surface area contributed by atoms with Crippen LogP contribution in [-0.2, 0) is 19.1 Å². The molecule has 0 radical (unpaired) electrons. The standard InChI is InChI=1S/C17H22N2O4S/c1-11(2)7-8-18-15(20)10-23-16(21)9-14-17(22)19-12-5-3-4-6-13(12)24-14/h3-6,11,14H,7-10H2,1-2H3,(H,18,20)(H,19,22)/t14-/m1/s1. The van der Waals surface area contributed by atoms with Crippen molar-refractivity contribution in [2.24, 2.45) is 5.92 Å². The predicted octanol–water partition coefficient (Wildman–Crippen LogP) is 2.19. The van der Waals surface area contributed by atoms with Crippen LogP contribution >= 0.6 is 11.8 Å². The van der Waals surface area contributed by atoms with Gasteiger partial charge in [-0.05, 0) is 24.5 Å². The van der Waals surface area contributed by atoms with Crippen molar-refractivity contribution < 1.29 is 19.1 Å². The van der Waals surface area contributed by atoms with Crippen molar-refractivity contribution in [2.45, 2.75) is 36.8 Å². The number of carbonyl (C=O) groups is 3. The minimum absolute atomic E-state index is 0.0654. The number of hydrogen-bond acceptors (Lipinski definition) is 5. The van der Waals surface area contributed by atoms with Gasteiger partial charge in [0.25, 0.3) is 5.91 Å². The number of hydrogen-bond donors (Lipinski definition) is 2. The zero-order chi connectivity index (χ0) is 17.5. The summed E-state index contributed by atoms with van der Waals surface area (Å²) in [4.78, 5) is 36.4. The summed E-state index contributed by atoms with van der Waals surface area (Å²) in [6.45, 7) is 4.38. The third-order valence-electron chi connectivity index (χ3n) is 3.47. The minimum atomic E-state index is -0.555. The highest BCUT2D eigenvalue weighted by atomic mass is 32.2. The Morgan fingerprint density at radius 3 is 2.83 bits per heavy atom. The Hall–Kier alpha value is -2.02. The number of ether oxygens (including phenoxy) is 1. The third kappa shape index (κ3) is 5.56. The number of benzene rings is 1. The number of anilines is 1. The summed E-state index contributed by atoms with van der Waals surface area (Å²) in [5.41, 5.74) is 0.752. The third-order valence-corrected chi connectivity index (χ3v) is 4.74. The zero-order valence-corrected chi connectivity index (χ0v) is 14.7. The molecule has 0 bridgehead atoms. The Bertz CT molecular complexity index is 618. The summed E-state index contributed by atoms with van der Waals surface area (Å²) in [5, 5.41) is 4.92. The fraction of sp³-hybridized carbons (Fsp3) is 0.471. The van der Waals surface area contributed by atoms with Gasteiger partial charge in [0, 0.05) is 11.4 Å². The summed E-state index contributed by atoms with van der Waals surface area (Å²) < 4.78 is 4.96. The average Bonchev–Trinajstić information content (AvgIpc) is 2.53. The summed E-state index contributed by atoms with van der Waals surface area (Å²) in [5.74, 6) is -0.606. The molecule has 1 aliphatic rings. The van der Waals surface area contributed by atoms with E-state index in [0.717, 1.165) is 17.0 Å². The van der Waals surface area contributed by atoms with Gasteiger partial charge in [-0.3, -0.25) is 14.4 Å². The average molecular weight is 350 g/mol. The largest absolute Gasteiger partial charge is 0.456 e. The minimum Gasteiger partial charge on any atom is -0.456 e. The van der Waals surface area contributed by atoms with Gasteiger partial charge >= 0.3 is 5.97 Å². The van der Waals surface area contributed by atoms with Crippen LogP contribution < -0.4 is 10.6 Å². The molecule has 7 heteroatoms. The zero-order valence-electron chi connectivity index (χ0n) is 13.8. The number of nitrogens with one attached hydrogen (secondary N) is 2. The molecule has 0 saturated carbocycles. The van der Waals surface area contributed by atoms with E-state index in [2.05, 4.69) is 24.5 Å². The summed E-state index contributed by atoms with van der Waals surface area (Å²) in [6, 6.07) is 7.42. The molecule has 1 atom stereocenters. The van der Waals surface area contributed by atoms with Crippen LogP contribution in [0.3, 0.4) is 0 Å². The molecule has 1 aromatic carbocycles. The van der Waals surface area contributed by atoms with E-state index in [1.165, 1.54) is 11.8 Å². The highest BCUT2D eigenvalue weighted by Crippen LogP contribution is 2.36. The van der Waals surface area contributed by atoms with Crippen molar-refractivity contribution in [1.82, 2.24) is 5.32 Å². The molecule has 1 heterocycles. The number of amides is 2. The highest BCUT2D eigenvalue weighted by Gasteiger charge is 2.29. The van der Waals surface area contributed by atoms with Crippen LogP contribution in [0.5, 0.6) is 0 Å². The molecule has 0 fully saturated rings. The first-order valence-electron chi connectivity index (χ1n) is 7.94. The first-order valence-corrected chi connectivity index (χ1v) is 8.82. The fourth-order valence-corrected chi connectivity index (χ4v) is 3.23. The van der Waals surface area contributed by atoms with Crippen LogP contribution in [0.4, 0.5) is 5.69 Å². The van der Waals surface area contributed by atoms with Gasteiger partial charge < -0.3 is 15.4 Å². The Morgan fingerprint density at radius 2 is 2.08 bits per heavy atom. The number of fused-ring (bicyclic) bond motifs is 1. The van der Waals surface area contributed by atoms with E-state index in [-0.39, 0.29) is 24.8 Å². The van der Waals surface area contributed by atoms with Crippen molar-refractivity contribution in [3.63, 3.8) is 0 Å². The van der Waals surface area contributed by atoms with Gasteiger partial charge in [-0.25, -0.2) is 0 Å². The lowest BCUT2D eigenvalue weighted by atomic mass is 10.1. The van der Waals surface area contributed by atoms with Crippen molar-refractivity contribution in [2.75, 3.05) is 18.5 Å². The molecule has 2 N–H and O–H groups in total. The Morgan fingerprint density at radius 1 is 1.33 bits per heavy atom. The molecule has 0 unspecified atom stereocenters. The topological polar surface area (TPSA) is 84.5 Å². The molecule has 6 nitrogen and oxygen atoms in total. The molecule has 2 rings (SSSR count). The monoisotopic (exact) mass is 350 g/mol.